The van der Waals surface area contributed by atoms with Gasteiger partial charge in [0.1, 0.15) is 0 Å². The molecule has 0 bridgehead atoms. The van der Waals surface area contributed by atoms with E-state index < -0.39 is 36.4 Å². The maximum absolute atomic E-state index is 13.2. The highest BCUT2D eigenvalue weighted by molar-refractivity contribution is 5.81. The fraction of sp³-hybridized carbons (Fsp3) is 0.703. The number of ether oxygens (including phenoxy) is 3. The van der Waals surface area contributed by atoms with E-state index in [2.05, 4.69) is 59.5 Å². The van der Waals surface area contributed by atoms with Crippen LogP contribution in [0.3, 0.4) is 0 Å². The molecule has 1 saturated carbocycles. The van der Waals surface area contributed by atoms with Gasteiger partial charge in [0.25, 0.3) is 0 Å². The van der Waals surface area contributed by atoms with Crippen LogP contribution in [0.2, 0.25) is 0 Å². The minimum atomic E-state index is -1.09. The molecule has 2 amide bonds. The molecule has 3 N–H and O–H groups in total. The van der Waals surface area contributed by atoms with Crippen molar-refractivity contribution >= 4 is 28.9 Å². The summed E-state index contributed by atoms with van der Waals surface area (Å²) < 4.78 is 18.1. The molecule has 1 aliphatic rings. The van der Waals surface area contributed by atoms with Gasteiger partial charge < -0.3 is 34.5 Å². The van der Waals surface area contributed by atoms with E-state index in [1.54, 1.807) is 21.0 Å². The van der Waals surface area contributed by atoms with E-state index in [9.17, 15) is 19.5 Å². The second kappa shape index (κ2) is 18.4. The van der Waals surface area contributed by atoms with Crippen LogP contribution in [0.15, 0.2) is 30.5 Å². The molecule has 0 radical (unpaired) electrons. The van der Waals surface area contributed by atoms with E-state index in [1.807, 2.05) is 13.8 Å². The van der Waals surface area contributed by atoms with Crippen molar-refractivity contribution in [3.63, 3.8) is 0 Å². The van der Waals surface area contributed by atoms with Crippen molar-refractivity contribution in [2.45, 2.75) is 112 Å². The number of alkyl carbamates (subject to hydrolysis) is 1. The van der Waals surface area contributed by atoms with Crippen LogP contribution >= 0.6 is 0 Å². The molecule has 3 rings (SSSR count). The molecule has 0 spiro atoms. The van der Waals surface area contributed by atoms with Crippen LogP contribution in [0.1, 0.15) is 86.1 Å². The molecule has 1 aromatic carbocycles. The minimum absolute atomic E-state index is 0.000300. The van der Waals surface area contributed by atoms with Gasteiger partial charge in [0.2, 0.25) is 12.2 Å². The summed E-state index contributed by atoms with van der Waals surface area (Å²) in [5, 5.41) is 18.8. The summed E-state index contributed by atoms with van der Waals surface area (Å²) in [5.41, 5.74) is 2.34. The van der Waals surface area contributed by atoms with Crippen molar-refractivity contribution in [3.05, 3.63) is 36.0 Å². The molecule has 10 heteroatoms. The monoisotopic (exact) mass is 657 g/mol. The molecular weight excluding hydrogens is 598 g/mol. The summed E-state index contributed by atoms with van der Waals surface area (Å²) in [5.74, 6) is -0.435. The van der Waals surface area contributed by atoms with Gasteiger partial charge in [0.15, 0.2) is 0 Å². The van der Waals surface area contributed by atoms with Crippen molar-refractivity contribution in [1.82, 2.24) is 15.2 Å². The van der Waals surface area contributed by atoms with E-state index in [1.165, 1.54) is 23.4 Å². The maximum Gasteiger partial charge on any atom is 0.410 e. The molecule has 1 aliphatic carbocycles. The summed E-state index contributed by atoms with van der Waals surface area (Å²) in [6, 6.07) is 7.95. The number of aliphatic hydroxyl groups is 1. The Morgan fingerprint density at radius 2 is 1.70 bits per heavy atom. The first-order valence-corrected chi connectivity index (χ1v) is 17.5. The Hall–Kier alpha value is -3.11. The quantitative estimate of drug-likeness (QED) is 0.0896. The molecule has 1 unspecified atom stereocenters. The van der Waals surface area contributed by atoms with Gasteiger partial charge in [-0.25, -0.2) is 4.79 Å². The fourth-order valence-corrected chi connectivity index (χ4v) is 5.93. The van der Waals surface area contributed by atoms with E-state index in [-0.39, 0.29) is 36.0 Å². The number of esters is 1. The summed E-state index contributed by atoms with van der Waals surface area (Å²) in [4.78, 5) is 38.3. The average Bonchev–Trinajstić information content (AvgIpc) is 3.76. The van der Waals surface area contributed by atoms with Gasteiger partial charge in [-0.15, -0.1) is 0 Å². The summed E-state index contributed by atoms with van der Waals surface area (Å²) >= 11 is 0. The van der Waals surface area contributed by atoms with Crippen LogP contribution in [-0.4, -0.2) is 66.3 Å². The first-order chi connectivity index (χ1) is 22.3. The van der Waals surface area contributed by atoms with Crippen molar-refractivity contribution in [2.75, 3.05) is 20.3 Å². The Kier molecular flexibility index (Phi) is 15.0. The highest BCUT2D eigenvalue weighted by Gasteiger charge is 2.34. The lowest BCUT2D eigenvalue weighted by molar-refractivity contribution is -0.168. The number of aromatic nitrogens is 1. The van der Waals surface area contributed by atoms with Gasteiger partial charge in [0.05, 0.1) is 18.1 Å². The number of hydrogen-bond donors (Lipinski definition) is 3. The van der Waals surface area contributed by atoms with Crippen molar-refractivity contribution in [1.29, 1.82) is 0 Å². The summed E-state index contributed by atoms with van der Waals surface area (Å²) in [7, 11) is 1.71. The SMILES string of the molecule is COCCCn1ccc2ccc(C[C@H](C[C@H](NC(=O)OC(C)OC(=O)C(C)C)[C@H](O)C[C@H](C(=O)NCC3CC3)C(C)C)C(C)C)cc21. The van der Waals surface area contributed by atoms with Gasteiger partial charge in [0, 0.05) is 51.4 Å². The highest BCUT2D eigenvalue weighted by Crippen LogP contribution is 2.30. The number of carbonyl (C=O) groups is 3. The van der Waals surface area contributed by atoms with Gasteiger partial charge >= 0.3 is 12.1 Å². The lowest BCUT2D eigenvalue weighted by Crippen LogP contribution is -2.48. The molecule has 10 nitrogen and oxygen atoms in total. The second-order valence-electron chi connectivity index (χ2n) is 14.4. The number of nitrogens with zero attached hydrogens (tertiary/aromatic N) is 1. The number of amides is 2. The van der Waals surface area contributed by atoms with Crippen LogP contribution in [0.4, 0.5) is 4.79 Å². The minimum Gasteiger partial charge on any atom is -0.425 e. The summed E-state index contributed by atoms with van der Waals surface area (Å²) in [6.45, 7) is 15.4. The third kappa shape index (κ3) is 12.5. The second-order valence-corrected chi connectivity index (χ2v) is 14.4. The zero-order valence-corrected chi connectivity index (χ0v) is 29.8. The first kappa shape index (κ1) is 38.3. The van der Waals surface area contributed by atoms with Crippen molar-refractivity contribution < 1.29 is 33.7 Å². The Morgan fingerprint density at radius 3 is 2.32 bits per heavy atom. The number of aryl methyl sites for hydroxylation is 1. The molecule has 2 aromatic rings. The smallest absolute Gasteiger partial charge is 0.410 e. The Morgan fingerprint density at radius 1 is 0.979 bits per heavy atom. The van der Waals surface area contributed by atoms with Gasteiger partial charge in [-0.05, 0) is 85.3 Å². The van der Waals surface area contributed by atoms with Gasteiger partial charge in [-0.2, -0.15) is 0 Å². The van der Waals surface area contributed by atoms with Crippen LogP contribution in [-0.2, 0) is 36.8 Å². The zero-order valence-electron chi connectivity index (χ0n) is 29.8. The fourth-order valence-electron chi connectivity index (χ4n) is 5.93. The zero-order chi connectivity index (χ0) is 34.7. The number of hydrogen-bond acceptors (Lipinski definition) is 7. The molecule has 0 aliphatic heterocycles. The molecule has 0 saturated heterocycles. The van der Waals surface area contributed by atoms with Gasteiger partial charge in [-0.1, -0.05) is 53.7 Å². The number of nitrogens with one attached hydrogen (secondary N) is 2. The lowest BCUT2D eigenvalue weighted by Gasteiger charge is -2.32. The number of benzene rings is 1. The molecule has 264 valence electrons. The Balaban J connectivity index is 1.79. The normalized spacial score (nSPS) is 16.6. The predicted molar refractivity (Wildman–Crippen MR) is 184 cm³/mol. The molecule has 1 fully saturated rings. The van der Waals surface area contributed by atoms with Crippen LogP contribution < -0.4 is 10.6 Å². The maximum atomic E-state index is 13.2. The standard InChI is InChI=1S/C37H59N3O7/c1-23(2)30(18-28-12-13-29-14-16-40(33(29)19-28)15-9-17-45-8)20-32(39-37(44)47-26(7)46-36(43)25(5)6)34(41)21-31(24(3)4)35(42)38-22-27-10-11-27/h12-14,16,19,23-27,30-32,34,41H,9-11,15,17-18,20-22H2,1-8H3,(H,38,42)(H,39,44)/t26?,30-,31+,32+,34-/m1/s1. The van der Waals surface area contributed by atoms with Crippen molar-refractivity contribution in [2.24, 2.45) is 35.5 Å². The number of fused-ring (bicyclic) bond motifs is 1. The summed E-state index contributed by atoms with van der Waals surface area (Å²) in [6.07, 6.45) is 3.84. The molecule has 1 heterocycles. The lowest BCUT2D eigenvalue weighted by atomic mass is 9.80. The third-order valence-corrected chi connectivity index (χ3v) is 9.28. The van der Waals surface area contributed by atoms with E-state index in [0.29, 0.717) is 25.5 Å². The first-order valence-electron chi connectivity index (χ1n) is 17.5. The van der Waals surface area contributed by atoms with E-state index in [0.717, 1.165) is 32.2 Å². The molecular formula is C37H59N3O7. The average molecular weight is 658 g/mol. The van der Waals surface area contributed by atoms with E-state index in [4.69, 9.17) is 14.2 Å². The number of aliphatic hydroxyl groups excluding tert-OH is 1. The third-order valence-electron chi connectivity index (χ3n) is 9.28. The molecule has 47 heavy (non-hydrogen) atoms. The van der Waals surface area contributed by atoms with Crippen molar-refractivity contribution in [3.8, 4) is 0 Å². The van der Waals surface area contributed by atoms with Crippen LogP contribution in [0, 0.1) is 35.5 Å². The largest absolute Gasteiger partial charge is 0.425 e. The van der Waals surface area contributed by atoms with E-state index >= 15 is 0 Å². The number of methoxy groups -OCH3 is 1. The molecule has 5 atom stereocenters. The molecule has 1 aromatic heterocycles. The highest BCUT2D eigenvalue weighted by atomic mass is 16.7. The van der Waals surface area contributed by atoms with Crippen LogP contribution in [0.25, 0.3) is 10.9 Å². The number of rotatable bonds is 20. The Labute approximate surface area is 281 Å². The predicted octanol–water partition coefficient (Wildman–Crippen LogP) is 6.07. The number of carbonyl (C=O) groups excluding carboxylic acids is 3. The van der Waals surface area contributed by atoms with Gasteiger partial charge in [-0.3, -0.25) is 9.59 Å². The topological polar surface area (TPSA) is 128 Å². The Bertz CT molecular complexity index is 1290. The van der Waals surface area contributed by atoms with Crippen LogP contribution in [0.5, 0.6) is 0 Å².